The largest absolute Gasteiger partial charge is 0.496 e. The zero-order valence-corrected chi connectivity index (χ0v) is 26.2. The molecule has 10 heteroatoms. The highest BCUT2D eigenvalue weighted by atomic mass is 19.1. The Morgan fingerprint density at radius 3 is 2.47 bits per heavy atom. The molecule has 3 aromatic carbocycles. The lowest BCUT2D eigenvalue weighted by atomic mass is 9.91. The maximum absolute atomic E-state index is 14.1. The molecule has 1 unspecified atom stereocenters. The number of fused-ring (bicyclic) bond motifs is 1. The number of carbonyl (C=O) groups is 1. The highest BCUT2D eigenvalue weighted by Crippen LogP contribution is 2.45. The van der Waals surface area contributed by atoms with Crippen LogP contribution in [0.1, 0.15) is 31.9 Å². The van der Waals surface area contributed by atoms with E-state index in [9.17, 15) is 14.3 Å². The number of hydrogen-bond acceptors (Lipinski definition) is 8. The second-order valence-electron chi connectivity index (χ2n) is 11.6. The number of ether oxygens (including phenoxy) is 4. The average molecular weight is 596 g/mol. The predicted molar refractivity (Wildman–Crippen MR) is 166 cm³/mol. The minimum absolute atomic E-state index is 0.0774. The summed E-state index contributed by atoms with van der Waals surface area (Å²) in [6.07, 6.45) is -1.27. The van der Waals surface area contributed by atoms with Crippen molar-refractivity contribution in [1.29, 1.82) is 0 Å². The highest BCUT2D eigenvalue weighted by molar-refractivity contribution is 6.08. The number of methoxy groups -OCH3 is 1. The van der Waals surface area contributed by atoms with Crippen molar-refractivity contribution in [3.8, 4) is 28.4 Å². The standard InChI is InChI=1S/C33H42FN3O6/c1-20-9-10-22(34)15-28(20)42-19-26-24(13-14-27-31(26)37(7)32(39)33(3,4)35-27)25-12-11-23(16-29(25)40-8)41-18-21(2)43-30(38)17-36(5)6/h9-16,21,30,35,38H,17-19H2,1-8H3/t21-,30?/m1/s1. The molecule has 1 aliphatic heterocycles. The molecule has 2 atom stereocenters. The molecule has 1 aliphatic rings. The van der Waals surface area contributed by atoms with Gasteiger partial charge in [0.25, 0.3) is 5.91 Å². The van der Waals surface area contributed by atoms with Gasteiger partial charge < -0.3 is 39.2 Å². The Bertz CT molecular complexity index is 1460. The van der Waals surface area contributed by atoms with Crippen LogP contribution in [0.5, 0.6) is 17.2 Å². The first kappa shape index (κ1) is 32.1. The number of nitrogens with zero attached hydrogens (tertiary/aromatic N) is 2. The summed E-state index contributed by atoms with van der Waals surface area (Å²) in [7, 11) is 7.04. The maximum atomic E-state index is 14.1. The summed E-state index contributed by atoms with van der Waals surface area (Å²) in [6, 6.07) is 13.8. The first-order chi connectivity index (χ1) is 20.3. The second-order valence-corrected chi connectivity index (χ2v) is 11.6. The van der Waals surface area contributed by atoms with Crippen molar-refractivity contribution in [3.63, 3.8) is 0 Å². The molecule has 1 heterocycles. The molecular formula is C33H42FN3O6. The first-order valence-corrected chi connectivity index (χ1v) is 14.2. The fourth-order valence-corrected chi connectivity index (χ4v) is 5.17. The van der Waals surface area contributed by atoms with Gasteiger partial charge in [0, 0.05) is 36.9 Å². The zero-order valence-electron chi connectivity index (χ0n) is 26.2. The van der Waals surface area contributed by atoms with Crippen LogP contribution in [-0.4, -0.2) is 75.3 Å². The van der Waals surface area contributed by atoms with Gasteiger partial charge in [-0.3, -0.25) is 4.79 Å². The number of benzene rings is 3. The summed E-state index contributed by atoms with van der Waals surface area (Å²) in [6.45, 7) is 8.05. The van der Waals surface area contributed by atoms with Crippen LogP contribution >= 0.6 is 0 Å². The predicted octanol–water partition coefficient (Wildman–Crippen LogP) is 5.22. The first-order valence-electron chi connectivity index (χ1n) is 14.2. The zero-order chi connectivity index (χ0) is 31.5. The molecule has 2 N–H and O–H groups in total. The van der Waals surface area contributed by atoms with Crippen molar-refractivity contribution in [2.75, 3.05) is 51.6 Å². The van der Waals surface area contributed by atoms with Crippen LogP contribution in [0.2, 0.25) is 0 Å². The van der Waals surface area contributed by atoms with Gasteiger partial charge in [-0.25, -0.2) is 4.39 Å². The second kappa shape index (κ2) is 13.2. The number of nitrogens with one attached hydrogen (secondary N) is 1. The molecule has 1 amide bonds. The maximum Gasteiger partial charge on any atom is 0.251 e. The molecule has 9 nitrogen and oxygen atoms in total. The number of halogens is 1. The Hall–Kier alpha value is -3.86. The number of amides is 1. The van der Waals surface area contributed by atoms with Crippen molar-refractivity contribution >= 4 is 17.3 Å². The number of aliphatic hydroxyl groups excluding tert-OH is 1. The smallest absolute Gasteiger partial charge is 0.251 e. The van der Waals surface area contributed by atoms with E-state index in [4.69, 9.17) is 18.9 Å². The van der Waals surface area contributed by atoms with Gasteiger partial charge in [0.05, 0.1) is 24.6 Å². The van der Waals surface area contributed by atoms with Crippen LogP contribution in [0.3, 0.4) is 0 Å². The quantitative estimate of drug-likeness (QED) is 0.276. The van der Waals surface area contributed by atoms with Crippen LogP contribution in [0.15, 0.2) is 48.5 Å². The van der Waals surface area contributed by atoms with E-state index < -0.39 is 17.6 Å². The lowest BCUT2D eigenvalue weighted by Crippen LogP contribution is -2.52. The molecule has 0 aliphatic carbocycles. The summed E-state index contributed by atoms with van der Waals surface area (Å²) < 4.78 is 37.6. The van der Waals surface area contributed by atoms with Gasteiger partial charge in [-0.15, -0.1) is 0 Å². The van der Waals surface area contributed by atoms with Crippen LogP contribution in [0, 0.1) is 12.7 Å². The Labute approximate surface area is 253 Å². The van der Waals surface area contributed by atoms with Gasteiger partial charge in [0.2, 0.25) is 0 Å². The summed E-state index contributed by atoms with van der Waals surface area (Å²) in [5.41, 5.74) is 3.77. The van der Waals surface area contributed by atoms with Crippen LogP contribution in [0.25, 0.3) is 11.1 Å². The number of likely N-dealkylation sites (N-methyl/N-ethyl adjacent to an activating group) is 2. The van der Waals surface area contributed by atoms with E-state index in [2.05, 4.69) is 5.32 Å². The minimum Gasteiger partial charge on any atom is -0.496 e. The third-order valence-corrected chi connectivity index (χ3v) is 7.29. The van der Waals surface area contributed by atoms with E-state index in [1.165, 1.54) is 12.1 Å². The number of anilines is 2. The number of aryl methyl sites for hydroxylation is 1. The van der Waals surface area contributed by atoms with Crippen LogP contribution in [0.4, 0.5) is 15.8 Å². The number of aliphatic hydroxyl groups is 1. The molecule has 0 saturated carbocycles. The van der Waals surface area contributed by atoms with Gasteiger partial charge in [0.15, 0.2) is 6.29 Å². The van der Waals surface area contributed by atoms with Gasteiger partial charge in [-0.2, -0.15) is 0 Å². The van der Waals surface area contributed by atoms with Gasteiger partial charge >= 0.3 is 0 Å². The topological polar surface area (TPSA) is 92.7 Å². The summed E-state index contributed by atoms with van der Waals surface area (Å²) in [4.78, 5) is 16.8. The van der Waals surface area contributed by atoms with Gasteiger partial charge in [-0.1, -0.05) is 12.1 Å². The highest BCUT2D eigenvalue weighted by Gasteiger charge is 2.38. The Kier molecular flexibility index (Phi) is 9.84. The SMILES string of the molecule is COc1cc(OC[C@@H](C)OC(O)CN(C)C)ccc1-c1ccc2c(c1COc1cc(F)ccc1C)N(C)C(=O)C(C)(C)N2. The molecule has 43 heavy (non-hydrogen) atoms. The lowest BCUT2D eigenvalue weighted by molar-refractivity contribution is -0.145. The van der Waals surface area contributed by atoms with Gasteiger partial charge in [-0.05, 0) is 77.2 Å². The Morgan fingerprint density at radius 2 is 1.77 bits per heavy atom. The van der Waals surface area contributed by atoms with Crippen molar-refractivity contribution < 1.29 is 33.2 Å². The van der Waals surface area contributed by atoms with Gasteiger partial charge in [0.1, 0.15) is 41.8 Å². The lowest BCUT2D eigenvalue weighted by Gasteiger charge is -2.39. The fourth-order valence-electron chi connectivity index (χ4n) is 5.17. The molecule has 232 valence electrons. The number of rotatable bonds is 12. The molecule has 0 aromatic heterocycles. The molecule has 0 radical (unpaired) electrons. The molecule has 3 aromatic rings. The number of carbonyl (C=O) groups excluding carboxylic acids is 1. The monoisotopic (exact) mass is 595 g/mol. The Balaban J connectivity index is 1.68. The number of hydrogen-bond donors (Lipinski definition) is 2. The third kappa shape index (κ3) is 7.38. The van der Waals surface area contributed by atoms with Crippen molar-refractivity contribution in [3.05, 3.63) is 65.5 Å². The molecule has 0 saturated heterocycles. The molecular weight excluding hydrogens is 553 g/mol. The molecule has 4 rings (SSSR count). The van der Waals surface area contributed by atoms with E-state index in [0.29, 0.717) is 29.5 Å². The summed E-state index contributed by atoms with van der Waals surface area (Å²) >= 11 is 0. The van der Waals surface area contributed by atoms with Crippen LogP contribution < -0.4 is 24.4 Å². The molecule has 0 spiro atoms. The van der Waals surface area contributed by atoms with E-state index in [1.54, 1.807) is 31.2 Å². The summed E-state index contributed by atoms with van der Waals surface area (Å²) in [5, 5.41) is 13.4. The van der Waals surface area contributed by atoms with E-state index in [0.717, 1.165) is 27.9 Å². The minimum atomic E-state index is -0.920. The van der Waals surface area contributed by atoms with Crippen molar-refractivity contribution in [2.24, 2.45) is 0 Å². The van der Waals surface area contributed by atoms with E-state index in [-0.39, 0.29) is 25.2 Å². The average Bonchev–Trinajstić information content (AvgIpc) is 2.94. The summed E-state index contributed by atoms with van der Waals surface area (Å²) in [5.74, 6) is 1.06. The van der Waals surface area contributed by atoms with Crippen molar-refractivity contribution in [2.45, 2.75) is 52.2 Å². The Morgan fingerprint density at radius 1 is 1.05 bits per heavy atom. The van der Waals surface area contributed by atoms with Crippen molar-refractivity contribution in [1.82, 2.24) is 4.90 Å². The fraction of sp³-hybridized carbons (Fsp3) is 0.424. The molecule has 0 fully saturated rings. The normalized spacial score (nSPS) is 15.5. The molecule has 0 bridgehead atoms. The third-order valence-electron chi connectivity index (χ3n) is 7.29. The van der Waals surface area contributed by atoms with E-state index >= 15 is 0 Å². The van der Waals surface area contributed by atoms with E-state index in [1.807, 2.05) is 71.0 Å². The van der Waals surface area contributed by atoms with Crippen LogP contribution in [-0.2, 0) is 16.1 Å².